The summed E-state index contributed by atoms with van der Waals surface area (Å²) < 4.78 is 0. The van der Waals surface area contributed by atoms with Crippen molar-refractivity contribution in [2.24, 2.45) is 23.2 Å². The third-order valence-corrected chi connectivity index (χ3v) is 3.44. The lowest BCUT2D eigenvalue weighted by Crippen LogP contribution is -2.26. The van der Waals surface area contributed by atoms with Crippen LogP contribution in [0.4, 0.5) is 0 Å². The second-order valence-electron chi connectivity index (χ2n) is 4.32. The third kappa shape index (κ3) is 0.701. The van der Waals surface area contributed by atoms with Gasteiger partial charge in [0, 0.05) is 0 Å². The summed E-state index contributed by atoms with van der Waals surface area (Å²) in [6, 6.07) is 2.43. The first-order valence-corrected chi connectivity index (χ1v) is 4.24. The second kappa shape index (κ2) is 1.88. The topological polar surface area (TPSA) is 23.8 Å². The predicted octanol–water partition coefficient (Wildman–Crippen LogP) is 2.36. The van der Waals surface area contributed by atoms with Gasteiger partial charge in [-0.1, -0.05) is 26.0 Å². The molecular weight excluding hydrogens is 134 g/mol. The molecule has 3 atom stereocenters. The third-order valence-electron chi connectivity index (χ3n) is 3.44. The predicted molar refractivity (Wildman–Crippen MR) is 43.6 cm³/mol. The van der Waals surface area contributed by atoms with E-state index in [2.05, 4.69) is 32.1 Å². The van der Waals surface area contributed by atoms with Gasteiger partial charge in [-0.3, -0.25) is 0 Å². The molecule has 0 aliphatic heterocycles. The molecule has 1 heteroatoms. The van der Waals surface area contributed by atoms with Gasteiger partial charge in [-0.15, -0.1) is 0 Å². The fraction of sp³-hybridized carbons (Fsp3) is 0.700. The Morgan fingerprint density at radius 3 is 2.55 bits per heavy atom. The van der Waals surface area contributed by atoms with E-state index < -0.39 is 0 Å². The lowest BCUT2D eigenvalue weighted by molar-refractivity contribution is 0.240. The SMILES string of the molecule is CC1(C)C2C=CC(C2)C1C#N. The number of nitrogens with zero attached hydrogens (tertiary/aromatic N) is 1. The van der Waals surface area contributed by atoms with Crippen molar-refractivity contribution < 1.29 is 0 Å². The summed E-state index contributed by atoms with van der Waals surface area (Å²) in [6.07, 6.45) is 5.73. The van der Waals surface area contributed by atoms with Crippen LogP contribution in [0.15, 0.2) is 12.2 Å². The minimum Gasteiger partial charge on any atom is -0.198 e. The summed E-state index contributed by atoms with van der Waals surface area (Å²) in [4.78, 5) is 0. The summed E-state index contributed by atoms with van der Waals surface area (Å²) in [5.74, 6) is 1.48. The van der Waals surface area contributed by atoms with Gasteiger partial charge in [0.2, 0.25) is 0 Å². The molecule has 0 aromatic carbocycles. The van der Waals surface area contributed by atoms with E-state index in [1.807, 2.05) is 0 Å². The van der Waals surface area contributed by atoms with Crippen molar-refractivity contribution in [1.29, 1.82) is 5.26 Å². The molecule has 3 unspecified atom stereocenters. The number of allylic oxidation sites excluding steroid dienone is 2. The molecule has 0 N–H and O–H groups in total. The smallest absolute Gasteiger partial charge is 0.0667 e. The normalized spacial score (nSPS) is 44.3. The van der Waals surface area contributed by atoms with E-state index in [0.29, 0.717) is 11.8 Å². The summed E-state index contributed by atoms with van der Waals surface area (Å²) >= 11 is 0. The van der Waals surface area contributed by atoms with Crippen molar-refractivity contribution in [2.45, 2.75) is 20.3 Å². The van der Waals surface area contributed by atoms with Crippen molar-refractivity contribution in [2.75, 3.05) is 0 Å². The van der Waals surface area contributed by atoms with Crippen LogP contribution in [-0.4, -0.2) is 0 Å². The van der Waals surface area contributed by atoms with Crippen LogP contribution in [0.2, 0.25) is 0 Å². The number of rotatable bonds is 0. The molecule has 58 valence electrons. The van der Waals surface area contributed by atoms with Gasteiger partial charge < -0.3 is 0 Å². The first-order chi connectivity index (χ1) is 5.16. The molecule has 2 aliphatic carbocycles. The van der Waals surface area contributed by atoms with Crippen LogP contribution in [-0.2, 0) is 0 Å². The van der Waals surface area contributed by atoms with E-state index in [4.69, 9.17) is 5.26 Å². The molecule has 2 rings (SSSR count). The first kappa shape index (κ1) is 6.91. The Morgan fingerprint density at radius 1 is 1.45 bits per heavy atom. The van der Waals surface area contributed by atoms with Gasteiger partial charge in [0.25, 0.3) is 0 Å². The van der Waals surface area contributed by atoms with E-state index >= 15 is 0 Å². The maximum atomic E-state index is 8.94. The number of fused-ring (bicyclic) bond motifs is 2. The highest BCUT2D eigenvalue weighted by atomic mass is 14.5. The summed E-state index contributed by atoms with van der Waals surface area (Å²) in [5, 5.41) is 8.94. The highest BCUT2D eigenvalue weighted by Gasteiger charge is 2.50. The standard InChI is InChI=1S/C10H13N/c1-10(2)8-4-3-7(5-8)9(10)6-11/h3-4,7-9H,5H2,1-2H3. The van der Waals surface area contributed by atoms with Crippen LogP contribution < -0.4 is 0 Å². The molecule has 11 heavy (non-hydrogen) atoms. The Morgan fingerprint density at radius 2 is 2.18 bits per heavy atom. The zero-order valence-electron chi connectivity index (χ0n) is 7.04. The van der Waals surface area contributed by atoms with Gasteiger partial charge in [0.05, 0.1) is 12.0 Å². The van der Waals surface area contributed by atoms with E-state index in [9.17, 15) is 0 Å². The van der Waals surface area contributed by atoms with E-state index in [1.165, 1.54) is 6.42 Å². The van der Waals surface area contributed by atoms with Crippen LogP contribution in [0.1, 0.15) is 20.3 Å². The molecule has 1 fully saturated rings. The fourth-order valence-electron chi connectivity index (χ4n) is 2.57. The number of nitriles is 1. The molecule has 0 spiro atoms. The van der Waals surface area contributed by atoms with Crippen LogP contribution in [0.3, 0.4) is 0 Å². The van der Waals surface area contributed by atoms with Crippen molar-refractivity contribution >= 4 is 0 Å². The van der Waals surface area contributed by atoms with Gasteiger partial charge in [0.1, 0.15) is 0 Å². The molecule has 0 saturated heterocycles. The molecular formula is C10H13N. The molecule has 2 aliphatic rings. The van der Waals surface area contributed by atoms with Gasteiger partial charge in [-0.05, 0) is 23.7 Å². The first-order valence-electron chi connectivity index (χ1n) is 4.24. The van der Waals surface area contributed by atoms with Gasteiger partial charge in [0.15, 0.2) is 0 Å². The monoisotopic (exact) mass is 147 g/mol. The van der Waals surface area contributed by atoms with Crippen molar-refractivity contribution in [3.05, 3.63) is 12.2 Å². The maximum absolute atomic E-state index is 8.94. The highest BCUT2D eigenvalue weighted by molar-refractivity contribution is 5.21. The fourth-order valence-corrected chi connectivity index (χ4v) is 2.57. The highest BCUT2D eigenvalue weighted by Crippen LogP contribution is 2.55. The molecule has 0 aromatic rings. The molecule has 0 aromatic heterocycles. The Balaban J connectivity index is 2.38. The Labute approximate surface area is 67.7 Å². The van der Waals surface area contributed by atoms with Gasteiger partial charge >= 0.3 is 0 Å². The summed E-state index contributed by atoms with van der Waals surface area (Å²) in [6.45, 7) is 4.43. The Kier molecular flexibility index (Phi) is 1.18. The van der Waals surface area contributed by atoms with Gasteiger partial charge in [-0.2, -0.15) is 5.26 Å². The van der Waals surface area contributed by atoms with Crippen LogP contribution in [0, 0.1) is 34.5 Å². The maximum Gasteiger partial charge on any atom is 0.0667 e. The quantitative estimate of drug-likeness (QED) is 0.482. The average molecular weight is 147 g/mol. The van der Waals surface area contributed by atoms with Crippen LogP contribution in [0.25, 0.3) is 0 Å². The van der Waals surface area contributed by atoms with Crippen LogP contribution >= 0.6 is 0 Å². The second-order valence-corrected chi connectivity index (χ2v) is 4.32. The largest absolute Gasteiger partial charge is 0.198 e. The van der Waals surface area contributed by atoms with Crippen molar-refractivity contribution in [3.8, 4) is 6.07 Å². The van der Waals surface area contributed by atoms with Crippen molar-refractivity contribution in [1.82, 2.24) is 0 Å². The summed E-state index contributed by atoms with van der Waals surface area (Å²) in [7, 11) is 0. The van der Waals surface area contributed by atoms with E-state index in [0.717, 1.165) is 0 Å². The zero-order chi connectivity index (χ0) is 8.06. The molecule has 0 amide bonds. The van der Waals surface area contributed by atoms with E-state index in [1.54, 1.807) is 0 Å². The summed E-state index contributed by atoms with van der Waals surface area (Å²) in [5.41, 5.74) is 0.230. The molecule has 1 saturated carbocycles. The lowest BCUT2D eigenvalue weighted by Gasteiger charge is -2.30. The minimum absolute atomic E-state index is 0.230. The molecule has 0 radical (unpaired) electrons. The van der Waals surface area contributed by atoms with Crippen LogP contribution in [0.5, 0.6) is 0 Å². The van der Waals surface area contributed by atoms with Crippen molar-refractivity contribution in [3.63, 3.8) is 0 Å². The minimum atomic E-state index is 0.230. The molecule has 0 heterocycles. The number of hydrogen-bond acceptors (Lipinski definition) is 1. The lowest BCUT2D eigenvalue weighted by atomic mass is 9.72. The average Bonchev–Trinajstić information content (AvgIpc) is 2.44. The molecule has 1 nitrogen and oxygen atoms in total. The number of hydrogen-bond donors (Lipinski definition) is 0. The van der Waals surface area contributed by atoms with Gasteiger partial charge in [-0.25, -0.2) is 0 Å². The van der Waals surface area contributed by atoms with E-state index in [-0.39, 0.29) is 11.3 Å². The molecule has 2 bridgehead atoms. The zero-order valence-corrected chi connectivity index (χ0v) is 7.04. The Bertz CT molecular complexity index is 244. The Hall–Kier alpha value is -0.770.